The number of piperazine rings is 1. The fourth-order valence-electron chi connectivity index (χ4n) is 5.94. The number of amides is 2. The minimum atomic E-state index is -4.45. The number of hydrogen-bond acceptors (Lipinski definition) is 5. The van der Waals surface area contributed by atoms with E-state index < -0.39 is 23.7 Å². The smallest absolute Gasteiger partial charge is 0.337 e. The average molecular weight is 670 g/mol. The van der Waals surface area contributed by atoms with E-state index >= 15 is 0 Å². The number of carbonyl (C=O) groups is 2. The zero-order valence-corrected chi connectivity index (χ0v) is 27.7. The number of carbonyl (C=O) groups excluding carboxylic acids is 2. The van der Waals surface area contributed by atoms with Crippen molar-refractivity contribution in [3.63, 3.8) is 0 Å². The number of aromatic nitrogens is 2. The maximum absolute atomic E-state index is 14.4. The van der Waals surface area contributed by atoms with Gasteiger partial charge in [0.1, 0.15) is 6.04 Å². The number of benzene rings is 3. The van der Waals surface area contributed by atoms with Crippen LogP contribution in [-0.2, 0) is 35.2 Å². The van der Waals surface area contributed by atoms with Crippen LogP contribution in [0.2, 0.25) is 0 Å². The van der Waals surface area contributed by atoms with E-state index in [1.54, 1.807) is 28.3 Å². The van der Waals surface area contributed by atoms with Crippen LogP contribution in [0, 0.1) is 0 Å². The first-order chi connectivity index (χ1) is 23.7. The number of alkyl halides is 3. The zero-order chi connectivity index (χ0) is 34.6. The van der Waals surface area contributed by atoms with E-state index in [9.17, 15) is 22.8 Å². The Kier molecular flexibility index (Phi) is 12.2. The molecule has 49 heavy (non-hydrogen) atoms. The van der Waals surface area contributed by atoms with E-state index in [2.05, 4.69) is 29.0 Å². The van der Waals surface area contributed by atoms with E-state index in [-0.39, 0.29) is 12.5 Å². The Balaban J connectivity index is 1.42. The van der Waals surface area contributed by atoms with Gasteiger partial charge in [-0.05, 0) is 59.4 Å². The van der Waals surface area contributed by atoms with Crippen LogP contribution in [0.5, 0.6) is 0 Å². The second-order valence-electron chi connectivity index (χ2n) is 12.3. The highest BCUT2D eigenvalue weighted by atomic mass is 19.4. The summed E-state index contributed by atoms with van der Waals surface area (Å²) in [5.74, 6) is 0.0428. The van der Waals surface area contributed by atoms with Crippen LogP contribution >= 0.6 is 0 Å². The molecule has 5 rings (SSSR count). The van der Waals surface area contributed by atoms with E-state index in [0.29, 0.717) is 44.1 Å². The maximum Gasteiger partial charge on any atom is 0.416 e. The summed E-state index contributed by atoms with van der Waals surface area (Å²) < 4.78 is 39.4. The molecule has 4 aromatic rings. The topological polar surface area (TPSA) is 69.6 Å². The predicted molar refractivity (Wildman–Crippen MR) is 185 cm³/mol. The van der Waals surface area contributed by atoms with Crippen molar-refractivity contribution in [2.75, 3.05) is 31.1 Å². The summed E-state index contributed by atoms with van der Waals surface area (Å²) in [4.78, 5) is 42.7. The number of rotatable bonds is 13. The van der Waals surface area contributed by atoms with Crippen molar-refractivity contribution in [2.45, 2.75) is 57.8 Å². The molecule has 10 heteroatoms. The molecule has 0 unspecified atom stereocenters. The molecular formula is C39H42F3N5O2. The number of unbranched alkanes of at least 4 members (excludes halogenated alkanes) is 2. The summed E-state index contributed by atoms with van der Waals surface area (Å²) in [6.07, 6.45) is 6.44. The second-order valence-corrected chi connectivity index (χ2v) is 12.3. The molecule has 0 N–H and O–H groups in total. The van der Waals surface area contributed by atoms with Gasteiger partial charge in [-0.1, -0.05) is 86.5 Å². The van der Waals surface area contributed by atoms with Crippen molar-refractivity contribution >= 4 is 23.8 Å². The molecule has 2 amide bonds. The Morgan fingerprint density at radius 3 is 2.10 bits per heavy atom. The van der Waals surface area contributed by atoms with E-state index in [1.165, 1.54) is 29.8 Å². The largest absolute Gasteiger partial charge is 0.416 e. The Morgan fingerprint density at radius 2 is 1.47 bits per heavy atom. The Hall–Kier alpha value is -4.99. The number of nitrogens with zero attached hydrogens (tertiary/aromatic N) is 5. The molecule has 0 spiro atoms. The number of anilines is 1. The molecule has 0 aliphatic carbocycles. The molecule has 1 aliphatic heterocycles. The zero-order valence-electron chi connectivity index (χ0n) is 27.7. The second kappa shape index (κ2) is 16.9. The molecule has 0 saturated carbocycles. The van der Waals surface area contributed by atoms with Gasteiger partial charge in [0.2, 0.25) is 17.8 Å². The molecule has 1 aliphatic rings. The summed E-state index contributed by atoms with van der Waals surface area (Å²) in [6.45, 7) is 4.35. The summed E-state index contributed by atoms with van der Waals surface area (Å²) in [5, 5.41) is 0. The number of aryl methyl sites for hydroxylation is 1. The van der Waals surface area contributed by atoms with Gasteiger partial charge in [-0.3, -0.25) is 9.59 Å². The summed E-state index contributed by atoms with van der Waals surface area (Å²) >= 11 is 0. The molecular weight excluding hydrogens is 627 g/mol. The Morgan fingerprint density at radius 1 is 0.816 bits per heavy atom. The van der Waals surface area contributed by atoms with E-state index in [0.717, 1.165) is 48.9 Å². The van der Waals surface area contributed by atoms with Gasteiger partial charge in [-0.15, -0.1) is 0 Å². The Bertz CT molecular complexity index is 1660. The highest BCUT2D eigenvalue weighted by Gasteiger charge is 2.34. The van der Waals surface area contributed by atoms with Crippen molar-refractivity contribution in [3.8, 4) is 0 Å². The lowest BCUT2D eigenvalue weighted by atomic mass is 10.0. The molecule has 7 nitrogen and oxygen atoms in total. The molecule has 1 atom stereocenters. The van der Waals surface area contributed by atoms with Gasteiger partial charge in [0.25, 0.3) is 0 Å². The van der Waals surface area contributed by atoms with Crippen molar-refractivity contribution in [3.05, 3.63) is 131 Å². The lowest BCUT2D eigenvalue weighted by Gasteiger charge is -2.39. The molecule has 2 heterocycles. The highest BCUT2D eigenvalue weighted by molar-refractivity contribution is 5.95. The van der Waals surface area contributed by atoms with Crippen molar-refractivity contribution in [2.24, 2.45) is 0 Å². The lowest BCUT2D eigenvalue weighted by Crippen LogP contribution is -2.56. The molecule has 3 aromatic carbocycles. The Labute approximate surface area is 286 Å². The van der Waals surface area contributed by atoms with Gasteiger partial charge in [0.15, 0.2) is 0 Å². The molecule has 1 fully saturated rings. The van der Waals surface area contributed by atoms with Gasteiger partial charge in [-0.2, -0.15) is 13.2 Å². The third-order valence-electron chi connectivity index (χ3n) is 8.74. The molecule has 0 radical (unpaired) electrons. The summed E-state index contributed by atoms with van der Waals surface area (Å²) in [7, 11) is 0. The van der Waals surface area contributed by atoms with Gasteiger partial charge in [0, 0.05) is 57.6 Å². The number of hydrogen-bond donors (Lipinski definition) is 0. The average Bonchev–Trinajstić information content (AvgIpc) is 3.13. The molecule has 0 bridgehead atoms. The minimum absolute atomic E-state index is 0.162. The molecule has 1 aromatic heterocycles. The van der Waals surface area contributed by atoms with Crippen molar-refractivity contribution in [1.82, 2.24) is 19.8 Å². The van der Waals surface area contributed by atoms with Crippen LogP contribution in [-0.4, -0.2) is 63.8 Å². The molecule has 256 valence electrons. The van der Waals surface area contributed by atoms with Crippen LogP contribution in [0.25, 0.3) is 6.08 Å². The first kappa shape index (κ1) is 35.3. The third-order valence-corrected chi connectivity index (χ3v) is 8.74. The minimum Gasteiger partial charge on any atom is -0.337 e. The van der Waals surface area contributed by atoms with Gasteiger partial charge >= 0.3 is 6.18 Å². The van der Waals surface area contributed by atoms with Crippen molar-refractivity contribution < 1.29 is 22.8 Å². The lowest BCUT2D eigenvalue weighted by molar-refractivity contribution is -0.144. The quantitative estimate of drug-likeness (QED) is 0.111. The van der Waals surface area contributed by atoms with Gasteiger partial charge in [-0.25, -0.2) is 9.97 Å². The number of halogens is 3. The SMILES string of the molecule is CCCCCc1ccc(CN(C(=O)/C=C/c2ccc(C(F)(F)F)cc2)[C@@H](Cc2ccccc2)C(=O)N2CCN(c3ncccn3)CC2)cc1. The van der Waals surface area contributed by atoms with Gasteiger partial charge < -0.3 is 14.7 Å². The fourth-order valence-corrected chi connectivity index (χ4v) is 5.94. The third kappa shape index (κ3) is 10.0. The predicted octanol–water partition coefficient (Wildman–Crippen LogP) is 7.23. The van der Waals surface area contributed by atoms with Crippen LogP contribution in [0.4, 0.5) is 19.1 Å². The van der Waals surface area contributed by atoms with Crippen LogP contribution in [0.1, 0.15) is 54.0 Å². The normalized spacial score (nSPS) is 14.2. The van der Waals surface area contributed by atoms with Crippen LogP contribution in [0.3, 0.4) is 0 Å². The standard InChI is InChI=1S/C39H42F3N5O2/c1-2-3-5-9-30-12-14-33(15-13-30)29-47(36(48)21-18-31-16-19-34(20-17-31)39(40,41)42)35(28-32-10-6-4-7-11-32)37(49)45-24-26-46(27-25-45)38-43-22-8-23-44-38/h4,6-8,10-23,35H,2-3,5,9,24-29H2,1H3/b21-18+/t35-/m0/s1. The first-order valence-electron chi connectivity index (χ1n) is 16.8. The maximum atomic E-state index is 14.4. The summed E-state index contributed by atoms with van der Waals surface area (Å²) in [5.41, 5.74) is 2.70. The fraction of sp³-hybridized carbons (Fsp3) is 0.333. The van der Waals surface area contributed by atoms with Gasteiger partial charge in [0.05, 0.1) is 5.56 Å². The summed E-state index contributed by atoms with van der Waals surface area (Å²) in [6, 6.07) is 23.3. The van der Waals surface area contributed by atoms with E-state index in [4.69, 9.17) is 0 Å². The van der Waals surface area contributed by atoms with Crippen molar-refractivity contribution in [1.29, 1.82) is 0 Å². The molecule has 1 saturated heterocycles. The highest BCUT2D eigenvalue weighted by Crippen LogP contribution is 2.29. The first-order valence-corrected chi connectivity index (χ1v) is 16.8. The van der Waals surface area contributed by atoms with Crippen LogP contribution < -0.4 is 4.90 Å². The monoisotopic (exact) mass is 669 g/mol. The van der Waals surface area contributed by atoms with Crippen LogP contribution in [0.15, 0.2) is 103 Å². The van der Waals surface area contributed by atoms with E-state index in [1.807, 2.05) is 47.4 Å².